The zero-order valence-electron chi connectivity index (χ0n) is 14.4. The fourth-order valence-corrected chi connectivity index (χ4v) is 2.72. The number of carboxylic acids is 1. The Morgan fingerprint density at radius 1 is 1.24 bits per heavy atom. The Kier molecular flexibility index (Phi) is 6.50. The van der Waals surface area contributed by atoms with E-state index in [0.717, 1.165) is 5.56 Å². The highest BCUT2D eigenvalue weighted by Crippen LogP contribution is 2.34. The van der Waals surface area contributed by atoms with E-state index in [0.29, 0.717) is 23.6 Å². The summed E-state index contributed by atoms with van der Waals surface area (Å²) in [4.78, 5) is 15.2. The molecule has 0 saturated heterocycles. The lowest BCUT2D eigenvalue weighted by atomic mass is 9.85. The molecule has 2 rings (SSSR count). The number of nitrogens with zero attached hydrogens (tertiary/aromatic N) is 1. The molecule has 1 heterocycles. The molecule has 25 heavy (non-hydrogen) atoms. The number of aromatic nitrogens is 1. The third kappa shape index (κ3) is 4.78. The number of methoxy groups -OCH3 is 1. The maximum Gasteiger partial charge on any atom is 0.218 e. The number of aliphatic hydroxyl groups is 1. The van der Waals surface area contributed by atoms with Gasteiger partial charge in [0.05, 0.1) is 25.9 Å². The molecule has 1 N–H and O–H groups in total. The molecule has 0 spiro atoms. The largest absolute Gasteiger partial charge is 0.550 e. The monoisotopic (exact) mass is 344 g/mol. The van der Waals surface area contributed by atoms with E-state index in [1.807, 2.05) is 30.3 Å². The van der Waals surface area contributed by atoms with Gasteiger partial charge >= 0.3 is 0 Å². The molecule has 0 saturated carbocycles. The topological polar surface area (TPSA) is 91.7 Å². The van der Waals surface area contributed by atoms with Crippen molar-refractivity contribution in [3.63, 3.8) is 0 Å². The molecule has 1 atom stereocenters. The van der Waals surface area contributed by atoms with Gasteiger partial charge in [-0.25, -0.2) is 4.98 Å². The van der Waals surface area contributed by atoms with Crippen molar-refractivity contribution in [1.82, 2.24) is 4.98 Å². The Balaban J connectivity index is 2.27. The minimum atomic E-state index is -1.57. The Labute approximate surface area is 147 Å². The Bertz CT molecular complexity index is 704. The molecule has 0 amide bonds. The number of benzene rings is 1. The Morgan fingerprint density at radius 3 is 2.56 bits per heavy atom. The van der Waals surface area contributed by atoms with E-state index in [2.05, 4.69) is 4.98 Å². The summed E-state index contributed by atoms with van der Waals surface area (Å²) in [6.45, 7) is 2.23. The number of rotatable bonds is 9. The van der Waals surface area contributed by atoms with Crippen molar-refractivity contribution in [2.45, 2.75) is 38.6 Å². The quantitative estimate of drug-likeness (QED) is 0.742. The zero-order valence-corrected chi connectivity index (χ0v) is 14.4. The summed E-state index contributed by atoms with van der Waals surface area (Å²) in [7, 11) is 1.47. The highest BCUT2D eigenvalue weighted by molar-refractivity contribution is 5.66. The van der Waals surface area contributed by atoms with Crippen LogP contribution < -0.4 is 9.84 Å². The van der Waals surface area contributed by atoms with Crippen LogP contribution in [-0.4, -0.2) is 23.2 Å². The lowest BCUT2D eigenvalue weighted by Gasteiger charge is -2.30. The molecule has 2 aromatic rings. The molecule has 6 nitrogen and oxygen atoms in total. The maximum atomic E-state index is 11.1. The standard InChI is InChI=1S/C19H23NO5/c1-3-19(23,11-17(21)22)16-9-10-20-18(24-2)15(16)13-25-12-14-7-5-4-6-8-14/h4-10,23H,3,11-13H2,1-2H3,(H,21,22)/p-1/t19-/m1/s1. The first kappa shape index (κ1) is 18.9. The third-order valence-electron chi connectivity index (χ3n) is 4.09. The normalized spacial score (nSPS) is 13.2. The molecule has 0 fully saturated rings. The van der Waals surface area contributed by atoms with E-state index in [9.17, 15) is 15.0 Å². The third-order valence-corrected chi connectivity index (χ3v) is 4.09. The number of ether oxygens (including phenoxy) is 2. The smallest absolute Gasteiger partial charge is 0.218 e. The van der Waals surface area contributed by atoms with E-state index >= 15 is 0 Å². The van der Waals surface area contributed by atoms with E-state index in [-0.39, 0.29) is 13.0 Å². The van der Waals surface area contributed by atoms with Crippen LogP contribution >= 0.6 is 0 Å². The van der Waals surface area contributed by atoms with Gasteiger partial charge in [-0.2, -0.15) is 0 Å². The van der Waals surface area contributed by atoms with Crippen LogP contribution in [0.25, 0.3) is 0 Å². The van der Waals surface area contributed by atoms with Crippen molar-refractivity contribution in [2.75, 3.05) is 7.11 Å². The van der Waals surface area contributed by atoms with Gasteiger partial charge in [0.25, 0.3) is 0 Å². The van der Waals surface area contributed by atoms with Gasteiger partial charge in [0.15, 0.2) is 0 Å². The van der Waals surface area contributed by atoms with Gasteiger partial charge in [-0.15, -0.1) is 0 Å². The van der Waals surface area contributed by atoms with Crippen LogP contribution in [0.1, 0.15) is 36.5 Å². The summed E-state index contributed by atoms with van der Waals surface area (Å²) < 4.78 is 11.0. The van der Waals surface area contributed by atoms with Crippen LogP contribution in [0.2, 0.25) is 0 Å². The highest BCUT2D eigenvalue weighted by atomic mass is 16.5. The predicted molar refractivity (Wildman–Crippen MR) is 89.5 cm³/mol. The minimum Gasteiger partial charge on any atom is -0.550 e. The van der Waals surface area contributed by atoms with Crippen LogP contribution in [0.15, 0.2) is 42.6 Å². The van der Waals surface area contributed by atoms with Crippen LogP contribution in [0, 0.1) is 0 Å². The second kappa shape index (κ2) is 8.60. The number of hydrogen-bond donors (Lipinski definition) is 1. The van der Waals surface area contributed by atoms with Gasteiger partial charge in [-0.05, 0) is 23.6 Å². The second-order valence-corrected chi connectivity index (χ2v) is 5.76. The van der Waals surface area contributed by atoms with Gasteiger partial charge in [0.2, 0.25) is 5.88 Å². The van der Waals surface area contributed by atoms with Gasteiger partial charge in [-0.1, -0.05) is 37.3 Å². The first-order valence-corrected chi connectivity index (χ1v) is 8.06. The first-order valence-electron chi connectivity index (χ1n) is 8.06. The molecule has 1 aromatic heterocycles. The minimum absolute atomic E-state index is 0.136. The van der Waals surface area contributed by atoms with E-state index < -0.39 is 18.0 Å². The summed E-state index contributed by atoms with van der Waals surface area (Å²) in [6, 6.07) is 11.2. The fourth-order valence-electron chi connectivity index (χ4n) is 2.72. The second-order valence-electron chi connectivity index (χ2n) is 5.76. The number of aliphatic carboxylic acids is 1. The molecular formula is C19H22NO5-. The Morgan fingerprint density at radius 2 is 1.96 bits per heavy atom. The van der Waals surface area contributed by atoms with Crippen molar-refractivity contribution < 1.29 is 24.5 Å². The molecule has 0 aliphatic rings. The fraction of sp³-hybridized carbons (Fsp3) is 0.368. The van der Waals surface area contributed by atoms with Gasteiger partial charge in [-0.3, -0.25) is 0 Å². The molecule has 0 aliphatic carbocycles. The van der Waals surface area contributed by atoms with E-state index in [4.69, 9.17) is 9.47 Å². The van der Waals surface area contributed by atoms with Crippen LogP contribution in [0.3, 0.4) is 0 Å². The summed E-state index contributed by atoms with van der Waals surface area (Å²) in [5, 5.41) is 21.9. The summed E-state index contributed by atoms with van der Waals surface area (Å²) >= 11 is 0. The molecule has 0 unspecified atom stereocenters. The van der Waals surface area contributed by atoms with Gasteiger partial charge in [0, 0.05) is 24.2 Å². The zero-order chi connectivity index (χ0) is 18.3. The lowest BCUT2D eigenvalue weighted by Crippen LogP contribution is -2.36. The van der Waals surface area contributed by atoms with Crippen LogP contribution in [0.5, 0.6) is 5.88 Å². The molecule has 0 aliphatic heterocycles. The van der Waals surface area contributed by atoms with E-state index in [1.54, 1.807) is 13.0 Å². The number of carboxylic acid groups (broad SMARTS) is 1. The summed E-state index contributed by atoms with van der Waals surface area (Å²) in [5.74, 6) is -1.02. The molecule has 0 radical (unpaired) electrons. The van der Waals surface area contributed by atoms with Crippen LogP contribution in [-0.2, 0) is 28.3 Å². The summed E-state index contributed by atoms with van der Waals surface area (Å²) in [6.07, 6.45) is 1.17. The Hall–Kier alpha value is -2.44. The average molecular weight is 344 g/mol. The van der Waals surface area contributed by atoms with Crippen molar-refractivity contribution in [2.24, 2.45) is 0 Å². The number of carbonyl (C=O) groups is 1. The molecule has 134 valence electrons. The first-order chi connectivity index (χ1) is 12.0. The van der Waals surface area contributed by atoms with Crippen molar-refractivity contribution >= 4 is 5.97 Å². The maximum absolute atomic E-state index is 11.1. The van der Waals surface area contributed by atoms with E-state index in [1.165, 1.54) is 13.3 Å². The summed E-state index contributed by atoms with van der Waals surface area (Å²) in [5.41, 5.74) is 0.401. The molecule has 6 heteroatoms. The molecular weight excluding hydrogens is 322 g/mol. The van der Waals surface area contributed by atoms with Gasteiger partial charge in [0.1, 0.15) is 0 Å². The number of hydrogen-bond acceptors (Lipinski definition) is 6. The number of carbonyl (C=O) groups excluding carboxylic acids is 1. The average Bonchev–Trinajstić information content (AvgIpc) is 2.62. The predicted octanol–water partition coefficient (Wildman–Crippen LogP) is 1.54. The van der Waals surface area contributed by atoms with Crippen molar-refractivity contribution in [1.29, 1.82) is 0 Å². The van der Waals surface area contributed by atoms with Crippen LogP contribution in [0.4, 0.5) is 0 Å². The molecule has 1 aromatic carbocycles. The van der Waals surface area contributed by atoms with Gasteiger partial charge < -0.3 is 24.5 Å². The van der Waals surface area contributed by atoms with Crippen molar-refractivity contribution in [3.8, 4) is 5.88 Å². The number of pyridine rings is 1. The highest BCUT2D eigenvalue weighted by Gasteiger charge is 2.31. The van der Waals surface area contributed by atoms with Crippen molar-refractivity contribution in [3.05, 3.63) is 59.3 Å². The SMILES string of the molecule is CC[C@@](O)(CC(=O)[O-])c1ccnc(OC)c1COCc1ccccc1. The molecule has 0 bridgehead atoms. The lowest BCUT2D eigenvalue weighted by molar-refractivity contribution is -0.309.